The minimum Gasteiger partial charge on any atom is -0.393 e. The lowest BCUT2D eigenvalue weighted by Gasteiger charge is -1.97. The zero-order valence-corrected chi connectivity index (χ0v) is 6.23. The molecule has 3 N–H and O–H groups in total. The van der Waals surface area contributed by atoms with E-state index in [1.54, 1.807) is 11.6 Å². The Kier molecular flexibility index (Phi) is 1.58. The van der Waals surface area contributed by atoms with Crippen molar-refractivity contribution in [3.63, 3.8) is 0 Å². The molecular formula is C5H7N3OS. The monoisotopic (exact) mass is 157 g/mol. The normalized spacial score (nSPS) is 9.70. The zero-order valence-electron chi connectivity index (χ0n) is 5.42. The number of aromatic amines is 1. The van der Waals surface area contributed by atoms with Crippen LogP contribution in [0.4, 0.5) is 5.69 Å². The van der Waals surface area contributed by atoms with Crippen LogP contribution in [0, 0.1) is 4.77 Å². The summed E-state index contributed by atoms with van der Waals surface area (Å²) in [5.41, 5.74) is 5.13. The predicted molar refractivity (Wildman–Crippen MR) is 41.3 cm³/mol. The van der Waals surface area contributed by atoms with Gasteiger partial charge in [0.05, 0.1) is 0 Å². The molecule has 0 unspecified atom stereocenters. The van der Waals surface area contributed by atoms with E-state index < -0.39 is 0 Å². The first-order valence-corrected chi connectivity index (χ1v) is 3.07. The first kappa shape index (κ1) is 7.01. The van der Waals surface area contributed by atoms with Crippen molar-refractivity contribution < 1.29 is 0 Å². The fourth-order valence-electron chi connectivity index (χ4n) is 0.583. The number of rotatable bonds is 0. The van der Waals surface area contributed by atoms with Crippen molar-refractivity contribution in [2.75, 3.05) is 5.73 Å². The van der Waals surface area contributed by atoms with Crippen molar-refractivity contribution in [2.24, 2.45) is 7.05 Å². The van der Waals surface area contributed by atoms with Crippen LogP contribution in [0.2, 0.25) is 0 Å². The number of hydrogen-bond acceptors (Lipinski definition) is 3. The Bertz CT molecular complexity index is 319. The van der Waals surface area contributed by atoms with Crippen LogP contribution >= 0.6 is 12.2 Å². The molecule has 4 nitrogen and oxygen atoms in total. The second-order valence-electron chi connectivity index (χ2n) is 1.95. The summed E-state index contributed by atoms with van der Waals surface area (Å²) in [6.45, 7) is 0. The summed E-state index contributed by atoms with van der Waals surface area (Å²) in [6, 6.07) is 0. The van der Waals surface area contributed by atoms with E-state index in [1.165, 1.54) is 6.20 Å². The number of nitrogens with zero attached hydrogens (tertiary/aromatic N) is 1. The molecule has 0 amide bonds. The van der Waals surface area contributed by atoms with Gasteiger partial charge in [0.15, 0.2) is 4.77 Å². The fourth-order valence-corrected chi connectivity index (χ4v) is 0.729. The largest absolute Gasteiger partial charge is 0.393 e. The van der Waals surface area contributed by atoms with Gasteiger partial charge in [0.1, 0.15) is 5.69 Å². The Morgan fingerprint density at radius 2 is 2.40 bits per heavy atom. The third kappa shape index (κ3) is 1.08. The first-order chi connectivity index (χ1) is 4.61. The van der Waals surface area contributed by atoms with E-state index in [9.17, 15) is 4.79 Å². The second kappa shape index (κ2) is 2.26. The quantitative estimate of drug-likeness (QED) is 0.522. The molecule has 1 aromatic heterocycles. The van der Waals surface area contributed by atoms with Crippen molar-refractivity contribution in [1.82, 2.24) is 9.55 Å². The highest BCUT2D eigenvalue weighted by Gasteiger charge is 1.92. The van der Waals surface area contributed by atoms with E-state index in [-0.39, 0.29) is 11.2 Å². The summed E-state index contributed by atoms with van der Waals surface area (Å²) in [5.74, 6) is 0. The number of anilines is 1. The molecule has 0 fully saturated rings. The summed E-state index contributed by atoms with van der Waals surface area (Å²) in [5, 5.41) is 0. The van der Waals surface area contributed by atoms with Crippen molar-refractivity contribution in [1.29, 1.82) is 0 Å². The van der Waals surface area contributed by atoms with Gasteiger partial charge in [0.25, 0.3) is 5.56 Å². The molecule has 0 atom stereocenters. The van der Waals surface area contributed by atoms with E-state index in [2.05, 4.69) is 4.98 Å². The maximum atomic E-state index is 10.7. The van der Waals surface area contributed by atoms with Crippen molar-refractivity contribution in [3.8, 4) is 0 Å². The van der Waals surface area contributed by atoms with Crippen LogP contribution in [0.25, 0.3) is 0 Å². The maximum Gasteiger partial charge on any atom is 0.274 e. The summed E-state index contributed by atoms with van der Waals surface area (Å²) in [7, 11) is 1.72. The molecule has 0 aliphatic heterocycles. The Labute approximate surface area is 62.3 Å². The summed E-state index contributed by atoms with van der Waals surface area (Å²) in [4.78, 5) is 13.1. The molecule has 1 aromatic rings. The highest BCUT2D eigenvalue weighted by molar-refractivity contribution is 7.71. The maximum absolute atomic E-state index is 10.7. The Morgan fingerprint density at radius 3 is 2.90 bits per heavy atom. The molecule has 0 radical (unpaired) electrons. The van der Waals surface area contributed by atoms with E-state index in [1.807, 2.05) is 0 Å². The number of nitrogens with one attached hydrogen (secondary N) is 1. The average Bonchev–Trinajstić information content (AvgIpc) is 1.84. The Morgan fingerprint density at radius 1 is 1.80 bits per heavy atom. The zero-order chi connectivity index (χ0) is 7.72. The molecule has 5 heteroatoms. The van der Waals surface area contributed by atoms with Gasteiger partial charge in [0.2, 0.25) is 0 Å². The van der Waals surface area contributed by atoms with Crippen LogP contribution < -0.4 is 11.3 Å². The van der Waals surface area contributed by atoms with Gasteiger partial charge < -0.3 is 10.3 Å². The van der Waals surface area contributed by atoms with Gasteiger partial charge in [-0.2, -0.15) is 0 Å². The Balaban J connectivity index is 3.59. The number of nitrogens with two attached hydrogens (primary N) is 1. The van der Waals surface area contributed by atoms with Gasteiger partial charge >= 0.3 is 0 Å². The van der Waals surface area contributed by atoms with Gasteiger partial charge in [-0.1, -0.05) is 0 Å². The van der Waals surface area contributed by atoms with E-state index in [4.69, 9.17) is 18.0 Å². The van der Waals surface area contributed by atoms with Gasteiger partial charge in [-0.3, -0.25) is 9.78 Å². The minimum atomic E-state index is -0.330. The van der Waals surface area contributed by atoms with E-state index in [0.717, 1.165) is 0 Å². The molecule has 0 bridgehead atoms. The molecule has 1 heterocycles. The van der Waals surface area contributed by atoms with E-state index >= 15 is 0 Å². The highest BCUT2D eigenvalue weighted by atomic mass is 32.1. The molecule has 0 aliphatic rings. The lowest BCUT2D eigenvalue weighted by atomic mass is 10.5. The SMILES string of the molecule is Cn1cc(N)c(=O)[nH]c1=S. The van der Waals surface area contributed by atoms with Crippen molar-refractivity contribution in [3.05, 3.63) is 21.3 Å². The second-order valence-corrected chi connectivity index (χ2v) is 2.34. The van der Waals surface area contributed by atoms with Crippen molar-refractivity contribution in [2.45, 2.75) is 0 Å². The van der Waals surface area contributed by atoms with Crippen LogP contribution in [0.15, 0.2) is 11.0 Å². The number of aryl methyl sites for hydroxylation is 1. The highest BCUT2D eigenvalue weighted by Crippen LogP contribution is 1.88. The van der Waals surface area contributed by atoms with Gasteiger partial charge in [-0.15, -0.1) is 0 Å². The number of H-pyrrole nitrogens is 1. The summed E-state index contributed by atoms with van der Waals surface area (Å²) < 4.78 is 1.95. The third-order valence-electron chi connectivity index (χ3n) is 1.14. The first-order valence-electron chi connectivity index (χ1n) is 2.66. The van der Waals surface area contributed by atoms with Crippen LogP contribution in [0.1, 0.15) is 0 Å². The molecule has 0 aromatic carbocycles. The molecule has 0 saturated heterocycles. The van der Waals surface area contributed by atoms with Crippen LogP contribution in [0.5, 0.6) is 0 Å². The molecule has 0 aliphatic carbocycles. The molecule has 0 saturated carbocycles. The third-order valence-corrected chi connectivity index (χ3v) is 1.53. The van der Waals surface area contributed by atoms with Crippen LogP contribution in [-0.2, 0) is 7.05 Å². The van der Waals surface area contributed by atoms with Gasteiger partial charge in [-0.05, 0) is 12.2 Å². The lowest BCUT2D eigenvalue weighted by Crippen LogP contribution is -2.15. The fraction of sp³-hybridized carbons (Fsp3) is 0.200. The molecule has 10 heavy (non-hydrogen) atoms. The molecule has 54 valence electrons. The minimum absolute atomic E-state index is 0.177. The van der Waals surface area contributed by atoms with E-state index in [0.29, 0.717) is 4.77 Å². The number of nitrogen functional groups attached to an aromatic ring is 1. The van der Waals surface area contributed by atoms with Gasteiger partial charge in [0, 0.05) is 13.2 Å². The number of aromatic nitrogens is 2. The standard InChI is InChI=1S/C5H7N3OS/c1-8-2-3(6)4(9)7-5(8)10/h2H,6H2,1H3,(H,7,9,10). The smallest absolute Gasteiger partial charge is 0.274 e. The van der Waals surface area contributed by atoms with Gasteiger partial charge in [-0.25, -0.2) is 0 Å². The topological polar surface area (TPSA) is 63.8 Å². The summed E-state index contributed by atoms with van der Waals surface area (Å²) in [6.07, 6.45) is 1.49. The lowest BCUT2D eigenvalue weighted by molar-refractivity contribution is 0.836. The Hall–Kier alpha value is -1.10. The molecule has 1 rings (SSSR count). The molecular weight excluding hydrogens is 150 g/mol. The number of hydrogen-bond donors (Lipinski definition) is 2. The van der Waals surface area contributed by atoms with Crippen LogP contribution in [-0.4, -0.2) is 9.55 Å². The average molecular weight is 157 g/mol. The molecule has 0 spiro atoms. The predicted octanol–water partition coefficient (Wildman–Crippen LogP) is 0.0251. The van der Waals surface area contributed by atoms with Crippen molar-refractivity contribution >= 4 is 17.9 Å². The summed E-state index contributed by atoms with van der Waals surface area (Å²) >= 11 is 4.75. The van der Waals surface area contributed by atoms with Crippen LogP contribution in [0.3, 0.4) is 0 Å².